The summed E-state index contributed by atoms with van der Waals surface area (Å²) < 4.78 is 0. The zero-order valence-electron chi connectivity index (χ0n) is 15.0. The minimum Gasteiger partial charge on any atom is -0.314 e. The first-order valence-corrected chi connectivity index (χ1v) is 9.02. The quantitative estimate of drug-likeness (QED) is 0.841. The van der Waals surface area contributed by atoms with Crippen LogP contribution in [0, 0.1) is 5.41 Å². The molecule has 1 heterocycles. The molecule has 0 radical (unpaired) electrons. The number of nitrogens with one attached hydrogen (secondary N) is 1. The first kappa shape index (κ1) is 17.2. The average molecular weight is 296 g/mol. The normalized spacial score (nSPS) is 24.9. The minimum absolute atomic E-state index is 0.330. The van der Waals surface area contributed by atoms with Crippen LogP contribution < -0.4 is 5.32 Å². The lowest BCUT2D eigenvalue weighted by molar-refractivity contribution is 0.0397. The molecule has 1 saturated heterocycles. The van der Waals surface area contributed by atoms with Gasteiger partial charge in [-0.25, -0.2) is 0 Å². The summed E-state index contributed by atoms with van der Waals surface area (Å²) in [5.41, 5.74) is 0.879. The van der Waals surface area contributed by atoms with Gasteiger partial charge in [0.1, 0.15) is 0 Å². The maximum Gasteiger partial charge on any atom is 0.0126 e. The van der Waals surface area contributed by atoms with Crippen LogP contribution in [0.2, 0.25) is 0 Å². The van der Waals surface area contributed by atoms with Crippen LogP contribution in [-0.2, 0) is 0 Å². The standard InChI is InChI=1S/C18H37N3/c1-16(2)19-14-18(8-6-7-9-18)15-20-10-12-21(13-11-20)17(3,4)5/h16,19H,6-15H2,1-5H3. The van der Waals surface area contributed by atoms with E-state index in [1.54, 1.807) is 0 Å². The van der Waals surface area contributed by atoms with Crippen LogP contribution in [-0.4, -0.2) is 60.6 Å². The third kappa shape index (κ3) is 4.94. The van der Waals surface area contributed by atoms with Crippen molar-refractivity contribution >= 4 is 0 Å². The Hall–Kier alpha value is -0.120. The molecule has 0 amide bonds. The van der Waals surface area contributed by atoms with Gasteiger partial charge in [-0.3, -0.25) is 4.90 Å². The summed E-state index contributed by atoms with van der Waals surface area (Å²) in [6.45, 7) is 19.1. The van der Waals surface area contributed by atoms with E-state index < -0.39 is 0 Å². The van der Waals surface area contributed by atoms with Gasteiger partial charge in [0.15, 0.2) is 0 Å². The van der Waals surface area contributed by atoms with Crippen molar-refractivity contribution < 1.29 is 0 Å². The van der Waals surface area contributed by atoms with E-state index in [9.17, 15) is 0 Å². The van der Waals surface area contributed by atoms with Crippen molar-refractivity contribution in [3.05, 3.63) is 0 Å². The number of hydrogen-bond acceptors (Lipinski definition) is 3. The maximum absolute atomic E-state index is 3.71. The second kappa shape index (κ2) is 6.97. The first-order chi connectivity index (χ1) is 9.81. The van der Waals surface area contributed by atoms with Crippen LogP contribution in [0.4, 0.5) is 0 Å². The summed E-state index contributed by atoms with van der Waals surface area (Å²) in [6, 6.07) is 0.611. The SMILES string of the molecule is CC(C)NCC1(CN2CCN(C(C)(C)C)CC2)CCCC1. The molecular weight excluding hydrogens is 258 g/mol. The Bertz CT molecular complexity index is 305. The first-order valence-electron chi connectivity index (χ1n) is 9.02. The van der Waals surface area contributed by atoms with E-state index in [1.807, 2.05) is 0 Å². The number of rotatable bonds is 5. The van der Waals surface area contributed by atoms with Crippen molar-refractivity contribution in [2.45, 2.75) is 71.9 Å². The van der Waals surface area contributed by atoms with Gasteiger partial charge in [-0.2, -0.15) is 0 Å². The smallest absolute Gasteiger partial charge is 0.0126 e. The molecule has 2 fully saturated rings. The molecule has 2 rings (SSSR count). The molecule has 1 aliphatic carbocycles. The maximum atomic E-state index is 3.71. The van der Waals surface area contributed by atoms with Gasteiger partial charge in [0.2, 0.25) is 0 Å². The van der Waals surface area contributed by atoms with Crippen molar-refractivity contribution in [1.29, 1.82) is 0 Å². The molecule has 0 aromatic heterocycles. The van der Waals surface area contributed by atoms with Gasteiger partial charge in [0.05, 0.1) is 0 Å². The Labute approximate surface area is 132 Å². The van der Waals surface area contributed by atoms with Crippen molar-refractivity contribution in [2.24, 2.45) is 5.41 Å². The molecule has 0 aromatic carbocycles. The van der Waals surface area contributed by atoms with E-state index >= 15 is 0 Å². The molecular formula is C18H37N3. The Morgan fingerprint density at radius 1 is 1.00 bits per heavy atom. The molecule has 3 nitrogen and oxygen atoms in total. The average Bonchev–Trinajstić information content (AvgIpc) is 2.85. The summed E-state index contributed by atoms with van der Waals surface area (Å²) in [5.74, 6) is 0. The predicted octanol–water partition coefficient (Wildman–Crippen LogP) is 2.96. The summed E-state index contributed by atoms with van der Waals surface area (Å²) in [4.78, 5) is 5.37. The molecule has 1 aliphatic heterocycles. The van der Waals surface area contributed by atoms with E-state index in [-0.39, 0.29) is 0 Å². The zero-order chi connectivity index (χ0) is 15.5. The Morgan fingerprint density at radius 3 is 2.05 bits per heavy atom. The van der Waals surface area contributed by atoms with Gasteiger partial charge < -0.3 is 10.2 Å². The Kier molecular flexibility index (Phi) is 5.72. The summed E-state index contributed by atoms with van der Waals surface area (Å²) in [5, 5.41) is 3.71. The summed E-state index contributed by atoms with van der Waals surface area (Å²) in [6.07, 6.45) is 5.71. The molecule has 0 spiro atoms. The highest BCUT2D eigenvalue weighted by atomic mass is 15.3. The molecule has 124 valence electrons. The molecule has 0 bridgehead atoms. The van der Waals surface area contributed by atoms with Gasteiger partial charge >= 0.3 is 0 Å². The largest absolute Gasteiger partial charge is 0.314 e. The molecule has 0 atom stereocenters. The lowest BCUT2D eigenvalue weighted by Crippen LogP contribution is -2.55. The van der Waals surface area contributed by atoms with Crippen LogP contribution in [0.3, 0.4) is 0 Å². The molecule has 3 heteroatoms. The van der Waals surface area contributed by atoms with Gasteiger partial charge in [0.25, 0.3) is 0 Å². The van der Waals surface area contributed by atoms with E-state index in [1.165, 1.54) is 65.0 Å². The van der Waals surface area contributed by atoms with Crippen molar-refractivity contribution in [1.82, 2.24) is 15.1 Å². The predicted molar refractivity (Wildman–Crippen MR) is 91.8 cm³/mol. The van der Waals surface area contributed by atoms with Gasteiger partial charge in [0, 0.05) is 50.8 Å². The zero-order valence-corrected chi connectivity index (χ0v) is 15.0. The van der Waals surface area contributed by atoms with Crippen LogP contribution in [0.1, 0.15) is 60.3 Å². The second-order valence-electron chi connectivity index (χ2n) is 8.68. The van der Waals surface area contributed by atoms with Crippen molar-refractivity contribution in [2.75, 3.05) is 39.3 Å². The molecule has 1 saturated carbocycles. The highest BCUT2D eigenvalue weighted by Gasteiger charge is 2.36. The number of hydrogen-bond donors (Lipinski definition) is 1. The molecule has 2 aliphatic rings. The molecule has 0 unspecified atom stereocenters. The van der Waals surface area contributed by atoms with Gasteiger partial charge in [-0.1, -0.05) is 26.7 Å². The van der Waals surface area contributed by atoms with Crippen molar-refractivity contribution in [3.63, 3.8) is 0 Å². The fourth-order valence-electron chi connectivity index (χ4n) is 3.99. The third-order valence-corrected chi connectivity index (χ3v) is 5.43. The number of nitrogens with zero attached hydrogens (tertiary/aromatic N) is 2. The van der Waals surface area contributed by atoms with E-state index in [0.717, 1.165) is 0 Å². The number of piperazine rings is 1. The van der Waals surface area contributed by atoms with E-state index in [0.29, 0.717) is 17.0 Å². The fraction of sp³-hybridized carbons (Fsp3) is 1.00. The second-order valence-corrected chi connectivity index (χ2v) is 8.68. The van der Waals surface area contributed by atoms with Gasteiger partial charge in [-0.15, -0.1) is 0 Å². The van der Waals surface area contributed by atoms with Crippen LogP contribution in [0.15, 0.2) is 0 Å². The monoisotopic (exact) mass is 295 g/mol. The lowest BCUT2D eigenvalue weighted by Gasteiger charge is -2.45. The van der Waals surface area contributed by atoms with E-state index in [2.05, 4.69) is 49.7 Å². The van der Waals surface area contributed by atoms with Crippen LogP contribution in [0.25, 0.3) is 0 Å². The van der Waals surface area contributed by atoms with Crippen LogP contribution >= 0.6 is 0 Å². The van der Waals surface area contributed by atoms with Crippen LogP contribution in [0.5, 0.6) is 0 Å². The highest BCUT2D eigenvalue weighted by molar-refractivity contribution is 4.92. The molecule has 1 N–H and O–H groups in total. The van der Waals surface area contributed by atoms with Gasteiger partial charge in [-0.05, 0) is 39.0 Å². The Balaban J connectivity index is 1.85. The summed E-state index contributed by atoms with van der Waals surface area (Å²) >= 11 is 0. The fourth-order valence-corrected chi connectivity index (χ4v) is 3.99. The third-order valence-electron chi connectivity index (χ3n) is 5.43. The summed E-state index contributed by atoms with van der Waals surface area (Å²) in [7, 11) is 0. The molecule has 21 heavy (non-hydrogen) atoms. The topological polar surface area (TPSA) is 18.5 Å². The Morgan fingerprint density at radius 2 is 1.57 bits per heavy atom. The lowest BCUT2D eigenvalue weighted by atomic mass is 9.85. The molecule has 0 aromatic rings. The minimum atomic E-state index is 0.330. The van der Waals surface area contributed by atoms with Crippen molar-refractivity contribution in [3.8, 4) is 0 Å². The highest BCUT2D eigenvalue weighted by Crippen LogP contribution is 2.38. The van der Waals surface area contributed by atoms with E-state index in [4.69, 9.17) is 0 Å².